The number of halogens is 1. The number of hydrogen-bond donors (Lipinski definition) is 1. The Kier molecular flexibility index (Phi) is 6.57. The van der Waals surface area contributed by atoms with E-state index in [-0.39, 0.29) is 18.2 Å². The van der Waals surface area contributed by atoms with Crippen LogP contribution in [0.3, 0.4) is 0 Å². The highest BCUT2D eigenvalue weighted by Gasteiger charge is 2.22. The van der Waals surface area contributed by atoms with Gasteiger partial charge in [-0.15, -0.1) is 0 Å². The molecular formula is C21H23BrN2O4. The molecule has 0 radical (unpaired) electrons. The zero-order chi connectivity index (χ0) is 20.1. The van der Waals surface area contributed by atoms with E-state index in [1.807, 2.05) is 29.2 Å². The molecule has 0 spiro atoms. The normalized spacial score (nSPS) is 12.9. The van der Waals surface area contributed by atoms with Gasteiger partial charge in [0.25, 0.3) is 5.91 Å². The van der Waals surface area contributed by atoms with E-state index in [2.05, 4.69) is 21.2 Å². The third-order valence-electron chi connectivity index (χ3n) is 4.80. The Bertz CT molecular complexity index is 867. The first-order valence-electron chi connectivity index (χ1n) is 9.07. The first kappa shape index (κ1) is 20.2. The zero-order valence-corrected chi connectivity index (χ0v) is 17.5. The van der Waals surface area contributed by atoms with Crippen LogP contribution in [0, 0.1) is 0 Å². The van der Waals surface area contributed by atoms with Crippen molar-refractivity contribution in [2.24, 2.45) is 0 Å². The highest BCUT2D eigenvalue weighted by atomic mass is 79.9. The highest BCUT2D eigenvalue weighted by Crippen LogP contribution is 2.33. The molecule has 28 heavy (non-hydrogen) atoms. The van der Waals surface area contributed by atoms with Gasteiger partial charge in [0.05, 0.1) is 14.2 Å². The number of carbonyl (C=O) groups excluding carboxylic acids is 2. The summed E-state index contributed by atoms with van der Waals surface area (Å²) < 4.78 is 11.6. The summed E-state index contributed by atoms with van der Waals surface area (Å²) in [6, 6.07) is 11.0. The van der Waals surface area contributed by atoms with Crippen molar-refractivity contribution in [3.05, 3.63) is 57.6 Å². The van der Waals surface area contributed by atoms with Crippen molar-refractivity contribution < 1.29 is 19.1 Å². The second-order valence-electron chi connectivity index (χ2n) is 6.55. The second kappa shape index (κ2) is 9.10. The van der Waals surface area contributed by atoms with E-state index in [1.54, 1.807) is 26.4 Å². The topological polar surface area (TPSA) is 67.9 Å². The number of amides is 2. The van der Waals surface area contributed by atoms with Gasteiger partial charge in [0.2, 0.25) is 5.91 Å². The largest absolute Gasteiger partial charge is 0.493 e. The van der Waals surface area contributed by atoms with Gasteiger partial charge in [-0.1, -0.05) is 15.9 Å². The average molecular weight is 447 g/mol. The predicted molar refractivity (Wildman–Crippen MR) is 110 cm³/mol. The van der Waals surface area contributed by atoms with Crippen molar-refractivity contribution >= 4 is 27.7 Å². The number of rotatable bonds is 6. The van der Waals surface area contributed by atoms with Gasteiger partial charge in [0, 0.05) is 36.1 Å². The first-order chi connectivity index (χ1) is 13.5. The summed E-state index contributed by atoms with van der Waals surface area (Å²) in [6.45, 7) is 1.50. The maximum atomic E-state index is 12.6. The lowest BCUT2D eigenvalue weighted by atomic mass is 9.98. The summed E-state index contributed by atoms with van der Waals surface area (Å²) in [6.07, 6.45) is 1.04. The number of nitrogens with zero attached hydrogens (tertiary/aromatic N) is 1. The van der Waals surface area contributed by atoms with Crippen molar-refractivity contribution in [2.75, 3.05) is 27.3 Å². The lowest BCUT2D eigenvalue weighted by Gasteiger charge is -2.29. The molecule has 6 nitrogen and oxygen atoms in total. The van der Waals surface area contributed by atoms with Crippen LogP contribution < -0.4 is 14.8 Å². The van der Waals surface area contributed by atoms with Crippen LogP contribution in [-0.2, 0) is 17.8 Å². The summed E-state index contributed by atoms with van der Waals surface area (Å²) >= 11 is 3.34. The molecule has 1 aliphatic heterocycles. The molecule has 2 aromatic carbocycles. The summed E-state index contributed by atoms with van der Waals surface area (Å²) in [5.41, 5.74) is 2.81. The molecule has 0 saturated carbocycles. The second-order valence-corrected chi connectivity index (χ2v) is 7.47. The highest BCUT2D eigenvalue weighted by molar-refractivity contribution is 9.10. The Morgan fingerprint density at radius 2 is 1.71 bits per heavy atom. The van der Waals surface area contributed by atoms with Crippen LogP contribution >= 0.6 is 15.9 Å². The standard InChI is InChI=1S/C21H23BrN2O4/c1-27-18-11-15-8-10-24(13-16(15)12-19(18)28-2)20(25)7-9-23-21(26)14-3-5-17(22)6-4-14/h3-6,11-12H,7-10,13H2,1-2H3,(H,23,26). The van der Waals surface area contributed by atoms with E-state index < -0.39 is 0 Å². The van der Waals surface area contributed by atoms with Crippen LogP contribution in [0.2, 0.25) is 0 Å². The quantitative estimate of drug-likeness (QED) is 0.739. The van der Waals surface area contributed by atoms with E-state index in [9.17, 15) is 9.59 Å². The van der Waals surface area contributed by atoms with Crippen LogP contribution in [0.4, 0.5) is 0 Å². The molecule has 1 heterocycles. The van der Waals surface area contributed by atoms with Crippen LogP contribution in [0.25, 0.3) is 0 Å². The molecule has 0 saturated heterocycles. The molecule has 1 N–H and O–H groups in total. The Balaban J connectivity index is 1.54. The number of nitrogens with one attached hydrogen (secondary N) is 1. The smallest absolute Gasteiger partial charge is 0.251 e. The van der Waals surface area contributed by atoms with E-state index in [4.69, 9.17) is 9.47 Å². The summed E-state index contributed by atoms with van der Waals surface area (Å²) in [4.78, 5) is 26.5. The Hall–Kier alpha value is -2.54. The molecule has 148 valence electrons. The molecule has 7 heteroatoms. The van der Waals surface area contributed by atoms with Gasteiger partial charge in [0.15, 0.2) is 11.5 Å². The number of benzene rings is 2. The van der Waals surface area contributed by atoms with Crippen molar-refractivity contribution in [3.63, 3.8) is 0 Å². The molecule has 0 bridgehead atoms. The Morgan fingerprint density at radius 3 is 2.36 bits per heavy atom. The minimum absolute atomic E-state index is 0.0246. The molecular weight excluding hydrogens is 424 g/mol. The van der Waals surface area contributed by atoms with E-state index in [0.29, 0.717) is 36.7 Å². The molecule has 0 unspecified atom stereocenters. The fourth-order valence-corrected chi connectivity index (χ4v) is 3.50. The fraction of sp³-hybridized carbons (Fsp3) is 0.333. The Labute approximate surface area is 172 Å². The van der Waals surface area contributed by atoms with E-state index in [1.165, 1.54) is 5.56 Å². The molecule has 3 rings (SSSR count). The molecule has 0 aliphatic carbocycles. The maximum absolute atomic E-state index is 12.6. The summed E-state index contributed by atoms with van der Waals surface area (Å²) in [5, 5.41) is 2.80. The number of hydrogen-bond acceptors (Lipinski definition) is 4. The molecule has 2 aromatic rings. The lowest BCUT2D eigenvalue weighted by Crippen LogP contribution is -2.38. The lowest BCUT2D eigenvalue weighted by molar-refractivity contribution is -0.131. The van der Waals surface area contributed by atoms with E-state index >= 15 is 0 Å². The van der Waals surface area contributed by atoms with Crippen molar-refractivity contribution in [1.29, 1.82) is 0 Å². The van der Waals surface area contributed by atoms with Gasteiger partial charge in [-0.2, -0.15) is 0 Å². The summed E-state index contributed by atoms with van der Waals surface area (Å²) in [7, 11) is 3.22. The van der Waals surface area contributed by atoms with Crippen molar-refractivity contribution in [3.8, 4) is 11.5 Å². The number of methoxy groups -OCH3 is 2. The van der Waals surface area contributed by atoms with Gasteiger partial charge >= 0.3 is 0 Å². The fourth-order valence-electron chi connectivity index (χ4n) is 3.24. The molecule has 0 fully saturated rings. The number of carbonyl (C=O) groups is 2. The van der Waals surface area contributed by atoms with E-state index in [0.717, 1.165) is 16.5 Å². The van der Waals surface area contributed by atoms with Crippen LogP contribution in [-0.4, -0.2) is 44.0 Å². The van der Waals surface area contributed by atoms with Crippen LogP contribution in [0.1, 0.15) is 27.9 Å². The first-order valence-corrected chi connectivity index (χ1v) is 9.86. The SMILES string of the molecule is COc1cc2c(cc1OC)CN(C(=O)CCNC(=O)c1ccc(Br)cc1)CC2. The monoisotopic (exact) mass is 446 g/mol. The average Bonchev–Trinajstić information content (AvgIpc) is 2.72. The molecule has 1 aliphatic rings. The predicted octanol–water partition coefficient (Wildman–Crippen LogP) is 3.17. The van der Waals surface area contributed by atoms with Gasteiger partial charge in [0.1, 0.15) is 0 Å². The van der Waals surface area contributed by atoms with Gasteiger partial charge in [-0.3, -0.25) is 9.59 Å². The van der Waals surface area contributed by atoms with Gasteiger partial charge in [-0.25, -0.2) is 0 Å². The third-order valence-corrected chi connectivity index (χ3v) is 5.33. The molecule has 0 aromatic heterocycles. The maximum Gasteiger partial charge on any atom is 0.251 e. The molecule has 2 amide bonds. The van der Waals surface area contributed by atoms with Gasteiger partial charge in [-0.05, 0) is 53.9 Å². The summed E-state index contributed by atoms with van der Waals surface area (Å²) in [5.74, 6) is 1.21. The minimum Gasteiger partial charge on any atom is -0.493 e. The van der Waals surface area contributed by atoms with Crippen molar-refractivity contribution in [1.82, 2.24) is 10.2 Å². The Morgan fingerprint density at radius 1 is 1.07 bits per heavy atom. The minimum atomic E-state index is -0.180. The zero-order valence-electron chi connectivity index (χ0n) is 16.0. The number of fused-ring (bicyclic) bond motifs is 1. The third kappa shape index (κ3) is 4.65. The van der Waals surface area contributed by atoms with Crippen molar-refractivity contribution in [2.45, 2.75) is 19.4 Å². The van der Waals surface area contributed by atoms with Crippen LogP contribution in [0.5, 0.6) is 11.5 Å². The number of ether oxygens (including phenoxy) is 2. The van der Waals surface area contributed by atoms with Gasteiger partial charge < -0.3 is 19.7 Å². The molecule has 0 atom stereocenters. The van der Waals surface area contributed by atoms with Crippen LogP contribution in [0.15, 0.2) is 40.9 Å².